The molecule has 29 heavy (non-hydrogen) atoms. The summed E-state index contributed by atoms with van der Waals surface area (Å²) in [6, 6.07) is 16.3. The van der Waals surface area contributed by atoms with Gasteiger partial charge in [0, 0.05) is 13.1 Å². The Morgan fingerprint density at radius 1 is 0.931 bits per heavy atom. The van der Waals surface area contributed by atoms with Gasteiger partial charge in [-0.05, 0) is 50.6 Å². The minimum absolute atomic E-state index is 0.0117. The van der Waals surface area contributed by atoms with Crippen LogP contribution in [0.4, 0.5) is 0 Å². The van der Waals surface area contributed by atoms with Crippen molar-refractivity contribution in [3.8, 4) is 0 Å². The number of amides is 1. The van der Waals surface area contributed by atoms with Crippen molar-refractivity contribution >= 4 is 15.9 Å². The van der Waals surface area contributed by atoms with Crippen LogP contribution in [0.1, 0.15) is 30.1 Å². The normalized spacial score (nSPS) is 21.0. The van der Waals surface area contributed by atoms with E-state index in [2.05, 4.69) is 4.90 Å². The summed E-state index contributed by atoms with van der Waals surface area (Å²) in [5.41, 5.74) is 1.82. The van der Waals surface area contributed by atoms with Crippen LogP contribution in [0.5, 0.6) is 0 Å². The Kier molecular flexibility index (Phi) is 5.72. The zero-order valence-electron chi connectivity index (χ0n) is 16.7. The van der Waals surface area contributed by atoms with E-state index in [0.717, 1.165) is 37.1 Å². The molecule has 7 heteroatoms. The van der Waals surface area contributed by atoms with Crippen molar-refractivity contribution in [3.63, 3.8) is 0 Å². The molecule has 2 aliphatic heterocycles. The minimum Gasteiger partial charge on any atom is -0.319 e. The summed E-state index contributed by atoms with van der Waals surface area (Å²) in [4.78, 5) is 17.2. The maximum Gasteiger partial charge on any atom is 0.245 e. The highest BCUT2D eigenvalue weighted by atomic mass is 32.2. The number of nitrogens with zero attached hydrogens (tertiary/aromatic N) is 3. The lowest BCUT2D eigenvalue weighted by Gasteiger charge is -2.31. The van der Waals surface area contributed by atoms with Gasteiger partial charge in [0.15, 0.2) is 0 Å². The van der Waals surface area contributed by atoms with Gasteiger partial charge in [-0.25, -0.2) is 8.42 Å². The van der Waals surface area contributed by atoms with Crippen molar-refractivity contribution in [1.82, 2.24) is 14.1 Å². The number of hydrogen-bond donors (Lipinski definition) is 0. The predicted molar refractivity (Wildman–Crippen MR) is 112 cm³/mol. The largest absolute Gasteiger partial charge is 0.319 e. The van der Waals surface area contributed by atoms with Gasteiger partial charge >= 0.3 is 0 Å². The molecule has 2 heterocycles. The van der Waals surface area contributed by atoms with Crippen molar-refractivity contribution in [2.24, 2.45) is 0 Å². The SMILES string of the molecule is Cc1ccc(S(=O)(=O)N2CCN(C(=O)CN3CCCC3)[C@@H]2c2ccccc2)cc1. The van der Waals surface area contributed by atoms with Crippen molar-refractivity contribution in [1.29, 1.82) is 0 Å². The van der Waals surface area contributed by atoms with E-state index in [1.54, 1.807) is 29.2 Å². The first kappa shape index (κ1) is 20.1. The average molecular weight is 414 g/mol. The molecule has 0 radical (unpaired) electrons. The van der Waals surface area contributed by atoms with Crippen LogP contribution in [-0.4, -0.2) is 61.2 Å². The molecule has 2 fully saturated rings. The van der Waals surface area contributed by atoms with E-state index >= 15 is 0 Å². The first-order valence-corrected chi connectivity index (χ1v) is 11.6. The number of carbonyl (C=O) groups is 1. The summed E-state index contributed by atoms with van der Waals surface area (Å²) >= 11 is 0. The van der Waals surface area contributed by atoms with Crippen LogP contribution in [0.2, 0.25) is 0 Å². The van der Waals surface area contributed by atoms with Crippen LogP contribution < -0.4 is 0 Å². The Balaban J connectivity index is 1.66. The maximum absolute atomic E-state index is 13.4. The van der Waals surface area contributed by atoms with Crippen LogP contribution in [0.3, 0.4) is 0 Å². The van der Waals surface area contributed by atoms with Gasteiger partial charge < -0.3 is 4.90 Å². The molecular formula is C22H27N3O3S. The van der Waals surface area contributed by atoms with E-state index < -0.39 is 16.2 Å². The van der Waals surface area contributed by atoms with Crippen LogP contribution in [0.15, 0.2) is 59.5 Å². The Hall–Kier alpha value is -2.22. The van der Waals surface area contributed by atoms with E-state index in [9.17, 15) is 13.2 Å². The van der Waals surface area contributed by atoms with Gasteiger partial charge in [0.1, 0.15) is 6.17 Å². The summed E-state index contributed by atoms with van der Waals surface area (Å²) in [6.45, 7) is 4.83. The molecule has 0 bridgehead atoms. The molecule has 154 valence electrons. The maximum atomic E-state index is 13.4. The number of likely N-dealkylation sites (tertiary alicyclic amines) is 1. The molecule has 1 atom stereocenters. The Bertz CT molecular complexity index is 955. The molecule has 1 amide bonds. The first-order chi connectivity index (χ1) is 14.0. The number of sulfonamides is 1. The second-order valence-electron chi connectivity index (χ2n) is 7.78. The second kappa shape index (κ2) is 8.26. The fraction of sp³-hybridized carbons (Fsp3) is 0.409. The van der Waals surface area contributed by atoms with E-state index in [1.165, 1.54) is 4.31 Å². The fourth-order valence-electron chi connectivity index (χ4n) is 4.16. The minimum atomic E-state index is -3.72. The van der Waals surface area contributed by atoms with Gasteiger partial charge in [-0.15, -0.1) is 0 Å². The molecule has 0 N–H and O–H groups in total. The van der Waals surface area contributed by atoms with Crippen molar-refractivity contribution in [2.75, 3.05) is 32.7 Å². The number of rotatable bonds is 5. The third-order valence-electron chi connectivity index (χ3n) is 5.73. The van der Waals surface area contributed by atoms with Crippen LogP contribution in [0, 0.1) is 6.92 Å². The monoisotopic (exact) mass is 413 g/mol. The van der Waals surface area contributed by atoms with Crippen molar-refractivity contribution in [3.05, 3.63) is 65.7 Å². The van der Waals surface area contributed by atoms with Crippen molar-refractivity contribution in [2.45, 2.75) is 30.8 Å². The Morgan fingerprint density at radius 3 is 2.24 bits per heavy atom. The number of carbonyl (C=O) groups excluding carboxylic acids is 1. The third kappa shape index (κ3) is 4.08. The molecule has 0 spiro atoms. The van der Waals surface area contributed by atoms with Gasteiger partial charge in [0.25, 0.3) is 0 Å². The lowest BCUT2D eigenvalue weighted by Crippen LogP contribution is -2.42. The Labute approximate surface area is 172 Å². The number of benzene rings is 2. The number of hydrogen-bond acceptors (Lipinski definition) is 4. The zero-order valence-corrected chi connectivity index (χ0v) is 17.5. The van der Waals surface area contributed by atoms with E-state index in [-0.39, 0.29) is 10.8 Å². The van der Waals surface area contributed by atoms with Crippen LogP contribution in [-0.2, 0) is 14.8 Å². The highest BCUT2D eigenvalue weighted by Gasteiger charge is 2.43. The Morgan fingerprint density at radius 2 is 1.59 bits per heavy atom. The summed E-state index contributed by atoms with van der Waals surface area (Å²) in [5, 5.41) is 0. The molecule has 2 aliphatic rings. The quantitative estimate of drug-likeness (QED) is 0.756. The van der Waals surface area contributed by atoms with Gasteiger partial charge in [-0.3, -0.25) is 9.69 Å². The van der Waals surface area contributed by atoms with Crippen LogP contribution in [0.25, 0.3) is 0 Å². The summed E-state index contributed by atoms with van der Waals surface area (Å²) in [6.07, 6.45) is 1.62. The van der Waals surface area contributed by atoms with Gasteiger partial charge in [0.05, 0.1) is 11.4 Å². The van der Waals surface area contributed by atoms with Crippen LogP contribution >= 0.6 is 0 Å². The molecule has 0 aliphatic carbocycles. The zero-order chi connectivity index (χ0) is 20.4. The van der Waals surface area contributed by atoms with E-state index in [1.807, 2.05) is 37.3 Å². The lowest BCUT2D eigenvalue weighted by atomic mass is 10.1. The van der Waals surface area contributed by atoms with Gasteiger partial charge in [-0.1, -0.05) is 48.0 Å². The molecule has 2 saturated heterocycles. The molecule has 4 rings (SSSR count). The lowest BCUT2D eigenvalue weighted by molar-refractivity contribution is -0.134. The second-order valence-corrected chi connectivity index (χ2v) is 9.67. The van der Waals surface area contributed by atoms with Gasteiger partial charge in [-0.2, -0.15) is 4.31 Å². The number of aryl methyl sites for hydroxylation is 1. The van der Waals surface area contributed by atoms with E-state index in [4.69, 9.17) is 0 Å². The van der Waals surface area contributed by atoms with Gasteiger partial charge in [0.2, 0.25) is 15.9 Å². The molecule has 0 aromatic heterocycles. The average Bonchev–Trinajstić information content (AvgIpc) is 3.39. The molecule has 2 aromatic rings. The van der Waals surface area contributed by atoms with Crippen molar-refractivity contribution < 1.29 is 13.2 Å². The first-order valence-electron chi connectivity index (χ1n) is 10.1. The third-order valence-corrected chi connectivity index (χ3v) is 7.60. The summed E-state index contributed by atoms with van der Waals surface area (Å²) < 4.78 is 28.3. The molecule has 0 saturated carbocycles. The van der Waals surface area contributed by atoms with E-state index in [0.29, 0.717) is 19.6 Å². The predicted octanol–water partition coefficient (Wildman–Crippen LogP) is 2.62. The molecule has 0 unspecified atom stereocenters. The smallest absolute Gasteiger partial charge is 0.245 e. The summed E-state index contributed by atoms with van der Waals surface area (Å²) in [7, 11) is -3.72. The fourth-order valence-corrected chi connectivity index (χ4v) is 5.73. The molecule has 2 aromatic carbocycles. The highest BCUT2D eigenvalue weighted by Crippen LogP contribution is 2.35. The molecular weight excluding hydrogens is 386 g/mol. The molecule has 6 nitrogen and oxygen atoms in total. The highest BCUT2D eigenvalue weighted by molar-refractivity contribution is 7.89. The summed E-state index contributed by atoms with van der Waals surface area (Å²) in [5.74, 6) is -0.0117. The standard InChI is InChI=1S/C22H27N3O3S/c1-18-9-11-20(12-10-18)29(27,28)25-16-15-24(21(26)17-23-13-5-6-14-23)22(25)19-7-3-2-4-8-19/h2-4,7-12,22H,5-6,13-17H2,1H3/t22-/m0/s1. The topological polar surface area (TPSA) is 60.9 Å².